The van der Waals surface area contributed by atoms with Gasteiger partial charge < -0.3 is 29.0 Å². The number of nitrogens with zero attached hydrogens (tertiary/aromatic N) is 3. The molecule has 1 fully saturated rings. The fourth-order valence-corrected chi connectivity index (χ4v) is 4.51. The molecule has 3 aromatic rings. The molecule has 1 saturated heterocycles. The van der Waals surface area contributed by atoms with E-state index in [0.717, 1.165) is 23.4 Å². The lowest BCUT2D eigenvalue weighted by atomic mass is 10.1. The van der Waals surface area contributed by atoms with Gasteiger partial charge in [0.25, 0.3) is 0 Å². The number of nitrogens with one attached hydrogen (secondary N) is 1. The van der Waals surface area contributed by atoms with Crippen LogP contribution >= 0.6 is 0 Å². The molecule has 1 aromatic heterocycles. The fraction of sp³-hybridized carbons (Fsp3) is 0.400. The molecule has 0 bridgehead atoms. The lowest BCUT2D eigenvalue weighted by Crippen LogP contribution is -2.35. The number of anilines is 1. The van der Waals surface area contributed by atoms with Crippen molar-refractivity contribution in [3.05, 3.63) is 42.2 Å². The zero-order valence-corrected chi connectivity index (χ0v) is 20.1. The van der Waals surface area contributed by atoms with Crippen molar-refractivity contribution in [2.24, 2.45) is 5.92 Å². The Hall–Kier alpha value is -3.75. The normalized spacial score (nSPS) is 16.6. The molecule has 2 atom stereocenters. The first kappa shape index (κ1) is 23.4. The number of carbonyl (C=O) groups excluding carboxylic acids is 2. The number of rotatable bonds is 8. The zero-order chi connectivity index (χ0) is 24.4. The Morgan fingerprint density at radius 2 is 1.82 bits per heavy atom. The van der Waals surface area contributed by atoms with E-state index in [4.69, 9.17) is 19.2 Å². The van der Waals surface area contributed by atoms with Gasteiger partial charge in [0.1, 0.15) is 5.82 Å². The van der Waals surface area contributed by atoms with Crippen molar-refractivity contribution >= 4 is 28.5 Å². The van der Waals surface area contributed by atoms with E-state index >= 15 is 0 Å². The maximum absolute atomic E-state index is 13.1. The van der Waals surface area contributed by atoms with Crippen molar-refractivity contribution in [3.63, 3.8) is 0 Å². The van der Waals surface area contributed by atoms with E-state index in [2.05, 4.69) is 16.8 Å². The molecule has 0 radical (unpaired) electrons. The smallest absolute Gasteiger partial charge is 0.227 e. The van der Waals surface area contributed by atoms with Crippen LogP contribution in [-0.4, -0.2) is 49.2 Å². The van der Waals surface area contributed by atoms with Crippen LogP contribution in [0.2, 0.25) is 0 Å². The summed E-state index contributed by atoms with van der Waals surface area (Å²) in [5, 5.41) is 3.06. The minimum Gasteiger partial charge on any atom is -0.493 e. The highest BCUT2D eigenvalue weighted by molar-refractivity contribution is 6.00. The number of aryl methyl sites for hydroxylation is 1. The molecular weight excluding hydrogens is 436 g/mol. The molecule has 1 aliphatic heterocycles. The van der Waals surface area contributed by atoms with Crippen molar-refractivity contribution in [1.82, 2.24) is 14.9 Å². The molecule has 0 saturated carbocycles. The van der Waals surface area contributed by atoms with E-state index in [-0.39, 0.29) is 30.8 Å². The molecule has 1 aliphatic rings. The Bertz CT molecular complexity index is 1200. The summed E-state index contributed by atoms with van der Waals surface area (Å²) in [4.78, 5) is 32.3. The number of imidazole rings is 1. The standard InChI is InChI=1S/C25H30N4O5/c1-6-28-19-10-8-7-9-18(19)27-24(28)15(2)26-25(31)16-11-22(30)29(14-16)17-12-20(32-3)23(34-5)21(13-17)33-4/h7-10,12-13,15-16H,6,11,14H2,1-5H3,(H,26,31). The van der Waals surface area contributed by atoms with Crippen molar-refractivity contribution in [3.8, 4) is 17.2 Å². The number of benzene rings is 2. The average Bonchev–Trinajstić information content (AvgIpc) is 3.43. The molecule has 2 heterocycles. The maximum Gasteiger partial charge on any atom is 0.227 e. The van der Waals surface area contributed by atoms with Crippen LogP contribution in [0.25, 0.3) is 11.0 Å². The third kappa shape index (κ3) is 4.13. The largest absolute Gasteiger partial charge is 0.493 e. The third-order valence-corrected chi connectivity index (χ3v) is 6.20. The van der Waals surface area contributed by atoms with Gasteiger partial charge in [-0.3, -0.25) is 9.59 Å². The molecule has 2 unspecified atom stereocenters. The second kappa shape index (κ2) is 9.62. The predicted octanol–water partition coefficient (Wildman–Crippen LogP) is 3.31. The van der Waals surface area contributed by atoms with Crippen LogP contribution in [0.1, 0.15) is 32.1 Å². The zero-order valence-electron chi connectivity index (χ0n) is 20.1. The van der Waals surface area contributed by atoms with Gasteiger partial charge in [0, 0.05) is 31.6 Å². The van der Waals surface area contributed by atoms with Crippen molar-refractivity contribution in [2.45, 2.75) is 32.9 Å². The molecule has 34 heavy (non-hydrogen) atoms. The van der Waals surface area contributed by atoms with Crippen LogP contribution in [-0.2, 0) is 16.1 Å². The van der Waals surface area contributed by atoms with Gasteiger partial charge in [0.2, 0.25) is 17.6 Å². The first-order valence-electron chi connectivity index (χ1n) is 11.3. The number of carbonyl (C=O) groups is 2. The Morgan fingerprint density at radius 3 is 2.44 bits per heavy atom. The molecule has 2 aromatic carbocycles. The number of methoxy groups -OCH3 is 3. The molecule has 180 valence electrons. The van der Waals surface area contributed by atoms with Gasteiger partial charge in [-0.05, 0) is 26.0 Å². The highest BCUT2D eigenvalue weighted by Crippen LogP contribution is 2.42. The molecule has 9 heteroatoms. The summed E-state index contributed by atoms with van der Waals surface area (Å²) in [6, 6.07) is 11.0. The maximum atomic E-state index is 13.1. The predicted molar refractivity (Wildman–Crippen MR) is 129 cm³/mol. The number of ether oxygens (including phenoxy) is 3. The van der Waals surface area contributed by atoms with Crippen LogP contribution in [0.5, 0.6) is 17.2 Å². The van der Waals surface area contributed by atoms with Gasteiger partial charge in [0.05, 0.1) is 50.0 Å². The molecule has 0 spiro atoms. The number of fused-ring (bicyclic) bond motifs is 1. The Labute approximate surface area is 198 Å². The Balaban J connectivity index is 1.52. The number of hydrogen-bond acceptors (Lipinski definition) is 6. The molecule has 9 nitrogen and oxygen atoms in total. The summed E-state index contributed by atoms with van der Waals surface area (Å²) >= 11 is 0. The molecule has 1 N–H and O–H groups in total. The second-order valence-corrected chi connectivity index (χ2v) is 8.22. The van der Waals surface area contributed by atoms with E-state index in [9.17, 15) is 9.59 Å². The van der Waals surface area contributed by atoms with Gasteiger partial charge in [0.15, 0.2) is 11.5 Å². The van der Waals surface area contributed by atoms with Gasteiger partial charge in [-0.1, -0.05) is 12.1 Å². The highest BCUT2D eigenvalue weighted by Gasteiger charge is 2.36. The molecular formula is C25H30N4O5. The lowest BCUT2D eigenvalue weighted by Gasteiger charge is -2.21. The monoisotopic (exact) mass is 466 g/mol. The molecule has 0 aliphatic carbocycles. The third-order valence-electron chi connectivity index (χ3n) is 6.20. The van der Waals surface area contributed by atoms with Crippen LogP contribution in [0.3, 0.4) is 0 Å². The number of amides is 2. The van der Waals surface area contributed by atoms with Crippen LogP contribution < -0.4 is 24.4 Å². The van der Waals surface area contributed by atoms with E-state index in [0.29, 0.717) is 22.9 Å². The second-order valence-electron chi connectivity index (χ2n) is 8.22. The van der Waals surface area contributed by atoms with E-state index in [1.54, 1.807) is 17.0 Å². The summed E-state index contributed by atoms with van der Waals surface area (Å²) < 4.78 is 18.3. The van der Waals surface area contributed by atoms with Crippen molar-refractivity contribution in [2.75, 3.05) is 32.8 Å². The van der Waals surface area contributed by atoms with Crippen molar-refractivity contribution in [1.29, 1.82) is 0 Å². The minimum atomic E-state index is -0.478. The Kier molecular flexibility index (Phi) is 6.63. The first-order valence-corrected chi connectivity index (χ1v) is 11.3. The number of para-hydroxylation sites is 2. The summed E-state index contributed by atoms with van der Waals surface area (Å²) in [5.74, 6) is 1.35. The number of aromatic nitrogens is 2. The van der Waals surface area contributed by atoms with Gasteiger partial charge in [-0.15, -0.1) is 0 Å². The molecule has 4 rings (SSSR count). The van der Waals surface area contributed by atoms with Crippen LogP contribution in [0.15, 0.2) is 36.4 Å². The van der Waals surface area contributed by atoms with E-state index in [1.165, 1.54) is 21.3 Å². The summed E-state index contributed by atoms with van der Waals surface area (Å²) in [7, 11) is 4.57. The van der Waals surface area contributed by atoms with E-state index < -0.39 is 5.92 Å². The lowest BCUT2D eigenvalue weighted by molar-refractivity contribution is -0.126. The summed E-state index contributed by atoms with van der Waals surface area (Å²) in [5.41, 5.74) is 2.52. The van der Waals surface area contributed by atoms with Gasteiger partial charge in [-0.2, -0.15) is 0 Å². The van der Waals surface area contributed by atoms with Crippen molar-refractivity contribution < 1.29 is 23.8 Å². The average molecular weight is 467 g/mol. The van der Waals surface area contributed by atoms with Crippen LogP contribution in [0.4, 0.5) is 5.69 Å². The Morgan fingerprint density at radius 1 is 1.15 bits per heavy atom. The van der Waals surface area contributed by atoms with Gasteiger partial charge in [-0.25, -0.2) is 4.98 Å². The fourth-order valence-electron chi connectivity index (χ4n) is 4.51. The highest BCUT2D eigenvalue weighted by atomic mass is 16.5. The molecule has 2 amide bonds. The minimum absolute atomic E-state index is 0.124. The first-order chi connectivity index (χ1) is 16.4. The number of hydrogen-bond donors (Lipinski definition) is 1. The summed E-state index contributed by atoms with van der Waals surface area (Å²) in [6.45, 7) is 4.98. The topological polar surface area (TPSA) is 94.9 Å². The SMILES string of the molecule is CCn1c(C(C)NC(=O)C2CC(=O)N(c3cc(OC)c(OC)c(OC)c3)C2)nc2ccccc21. The van der Waals surface area contributed by atoms with Gasteiger partial charge >= 0.3 is 0 Å². The van der Waals surface area contributed by atoms with Crippen LogP contribution in [0, 0.1) is 5.92 Å². The van der Waals surface area contributed by atoms with E-state index in [1.807, 2.05) is 31.2 Å². The quantitative estimate of drug-likeness (QED) is 0.547. The summed E-state index contributed by atoms with van der Waals surface area (Å²) in [6.07, 6.45) is 0.124.